The molecule has 0 saturated carbocycles. The lowest BCUT2D eigenvalue weighted by molar-refractivity contribution is 0.578. The number of hydrogen-bond donors (Lipinski definition) is 2. The Labute approximate surface area is 128 Å². The highest BCUT2D eigenvalue weighted by Gasteiger charge is 2.15. The predicted molar refractivity (Wildman–Crippen MR) is 83.0 cm³/mol. The lowest BCUT2D eigenvalue weighted by Crippen LogP contribution is -2.23. The minimum atomic E-state index is -0.0324. The summed E-state index contributed by atoms with van der Waals surface area (Å²) in [7, 11) is 0. The minimum Gasteiger partial charge on any atom is -0.348 e. The van der Waals surface area contributed by atoms with Gasteiger partial charge in [-0.25, -0.2) is 4.98 Å². The first-order chi connectivity index (χ1) is 10.3. The maximum Gasteiger partial charge on any atom is 0.120 e. The molecule has 0 saturated heterocycles. The molecule has 4 nitrogen and oxygen atoms in total. The number of aromatic nitrogens is 3. The van der Waals surface area contributed by atoms with Crippen molar-refractivity contribution in [1.29, 1.82) is 0 Å². The van der Waals surface area contributed by atoms with Crippen molar-refractivity contribution in [3.63, 3.8) is 0 Å². The van der Waals surface area contributed by atoms with E-state index in [0.29, 0.717) is 11.6 Å². The third-order valence-electron chi connectivity index (χ3n) is 3.19. The highest BCUT2D eigenvalue weighted by Crippen LogP contribution is 2.23. The molecule has 0 amide bonds. The fourth-order valence-corrected chi connectivity index (χ4v) is 2.42. The van der Waals surface area contributed by atoms with Crippen molar-refractivity contribution in [1.82, 2.24) is 20.3 Å². The topological polar surface area (TPSA) is 53.6 Å². The van der Waals surface area contributed by atoms with Crippen molar-refractivity contribution < 1.29 is 0 Å². The summed E-state index contributed by atoms with van der Waals surface area (Å²) in [6.07, 6.45) is 5.35. The molecule has 2 aromatic heterocycles. The molecule has 2 heterocycles. The van der Waals surface area contributed by atoms with Crippen LogP contribution in [-0.2, 0) is 6.54 Å². The number of benzene rings is 1. The fourth-order valence-electron chi connectivity index (χ4n) is 2.22. The van der Waals surface area contributed by atoms with Gasteiger partial charge in [0.15, 0.2) is 0 Å². The lowest BCUT2D eigenvalue weighted by atomic mass is 10.0. The molecule has 0 fully saturated rings. The van der Waals surface area contributed by atoms with Gasteiger partial charge in [0.05, 0.1) is 18.3 Å². The molecule has 0 bridgehead atoms. The maximum absolute atomic E-state index is 6.11. The first kappa shape index (κ1) is 13.8. The van der Waals surface area contributed by atoms with E-state index < -0.39 is 0 Å². The second-order valence-corrected chi connectivity index (χ2v) is 5.10. The van der Waals surface area contributed by atoms with Gasteiger partial charge in [-0.2, -0.15) is 0 Å². The van der Waals surface area contributed by atoms with Gasteiger partial charge in [0.1, 0.15) is 5.82 Å². The Kier molecular flexibility index (Phi) is 4.28. The number of hydrogen-bond acceptors (Lipinski definition) is 3. The summed E-state index contributed by atoms with van der Waals surface area (Å²) in [4.78, 5) is 11.8. The molecule has 1 atom stereocenters. The van der Waals surface area contributed by atoms with Crippen LogP contribution in [0, 0.1) is 0 Å². The van der Waals surface area contributed by atoms with Crippen molar-refractivity contribution in [2.24, 2.45) is 0 Å². The van der Waals surface area contributed by atoms with Crippen molar-refractivity contribution in [2.45, 2.75) is 12.6 Å². The van der Waals surface area contributed by atoms with Crippen LogP contribution >= 0.6 is 11.6 Å². The van der Waals surface area contributed by atoms with Crippen LogP contribution in [0.2, 0.25) is 5.02 Å². The zero-order valence-electron chi connectivity index (χ0n) is 11.3. The summed E-state index contributed by atoms with van der Waals surface area (Å²) < 4.78 is 0. The summed E-state index contributed by atoms with van der Waals surface area (Å²) >= 11 is 6.11. The van der Waals surface area contributed by atoms with Crippen LogP contribution in [0.1, 0.15) is 23.1 Å². The van der Waals surface area contributed by atoms with Crippen molar-refractivity contribution in [3.8, 4) is 0 Å². The summed E-state index contributed by atoms with van der Waals surface area (Å²) in [5, 5.41) is 4.18. The summed E-state index contributed by atoms with van der Waals surface area (Å²) in [5.41, 5.74) is 2.03. The Morgan fingerprint density at radius 2 is 2.05 bits per heavy atom. The van der Waals surface area contributed by atoms with Crippen LogP contribution < -0.4 is 5.32 Å². The average molecular weight is 299 g/mol. The van der Waals surface area contributed by atoms with Crippen molar-refractivity contribution in [3.05, 3.63) is 83.2 Å². The molecular formula is C16H15ClN4. The Hall–Kier alpha value is -2.17. The van der Waals surface area contributed by atoms with E-state index in [9.17, 15) is 0 Å². The third-order valence-corrected chi connectivity index (χ3v) is 3.43. The molecule has 2 N–H and O–H groups in total. The molecule has 106 valence electrons. The van der Waals surface area contributed by atoms with Gasteiger partial charge >= 0.3 is 0 Å². The van der Waals surface area contributed by atoms with E-state index in [-0.39, 0.29) is 6.04 Å². The molecule has 5 heteroatoms. The van der Waals surface area contributed by atoms with Gasteiger partial charge in [-0.05, 0) is 29.8 Å². The number of rotatable bonds is 5. The van der Waals surface area contributed by atoms with E-state index in [1.54, 1.807) is 12.4 Å². The zero-order valence-corrected chi connectivity index (χ0v) is 12.1. The molecule has 21 heavy (non-hydrogen) atoms. The predicted octanol–water partition coefficient (Wildman–Crippen LogP) is 3.34. The monoisotopic (exact) mass is 298 g/mol. The molecule has 0 spiro atoms. The number of halogens is 1. The Morgan fingerprint density at radius 3 is 2.76 bits per heavy atom. The second-order valence-electron chi connectivity index (χ2n) is 4.66. The molecular weight excluding hydrogens is 284 g/mol. The normalized spacial score (nSPS) is 12.2. The number of pyridine rings is 1. The molecule has 3 aromatic rings. The van der Waals surface area contributed by atoms with Crippen LogP contribution in [0.15, 0.2) is 61.1 Å². The summed E-state index contributed by atoms with van der Waals surface area (Å²) in [6.45, 7) is 0.626. The zero-order chi connectivity index (χ0) is 14.5. The van der Waals surface area contributed by atoms with E-state index >= 15 is 0 Å². The van der Waals surface area contributed by atoms with Gasteiger partial charge in [0, 0.05) is 23.6 Å². The third kappa shape index (κ3) is 3.48. The van der Waals surface area contributed by atoms with E-state index in [2.05, 4.69) is 20.3 Å². The lowest BCUT2D eigenvalue weighted by Gasteiger charge is -2.18. The number of H-pyrrole nitrogens is 1. The highest BCUT2D eigenvalue weighted by molar-refractivity contribution is 6.30. The summed E-state index contributed by atoms with van der Waals surface area (Å²) in [5.74, 6) is 0.887. The largest absolute Gasteiger partial charge is 0.348 e. The van der Waals surface area contributed by atoms with Gasteiger partial charge in [-0.15, -0.1) is 0 Å². The molecule has 0 unspecified atom stereocenters. The Balaban J connectivity index is 1.87. The Bertz CT molecular complexity index is 683. The number of aromatic amines is 1. The highest BCUT2D eigenvalue weighted by atomic mass is 35.5. The second kappa shape index (κ2) is 6.52. The van der Waals surface area contributed by atoms with Gasteiger partial charge in [0.25, 0.3) is 0 Å². The van der Waals surface area contributed by atoms with Crippen molar-refractivity contribution in [2.75, 3.05) is 0 Å². The minimum absolute atomic E-state index is 0.0324. The van der Waals surface area contributed by atoms with Crippen LogP contribution in [0.5, 0.6) is 0 Å². The molecule has 0 aliphatic carbocycles. The maximum atomic E-state index is 6.11. The van der Waals surface area contributed by atoms with Gasteiger partial charge in [0.2, 0.25) is 0 Å². The van der Waals surface area contributed by atoms with Crippen LogP contribution in [-0.4, -0.2) is 15.0 Å². The van der Waals surface area contributed by atoms with E-state index in [1.807, 2.05) is 48.7 Å². The standard InChI is InChI=1S/C16H15ClN4/c17-13-5-3-4-12(10-13)16(14-6-1-2-7-18-14)21-11-15-19-8-9-20-15/h1-10,16,21H,11H2,(H,19,20)/t16-/m1/s1. The molecule has 1 aromatic carbocycles. The van der Waals surface area contributed by atoms with Crippen molar-refractivity contribution >= 4 is 11.6 Å². The molecule has 0 radical (unpaired) electrons. The van der Waals surface area contributed by atoms with Gasteiger partial charge in [-0.1, -0.05) is 29.8 Å². The SMILES string of the molecule is Clc1cccc([C@@H](NCc2ncc[nH]2)c2ccccn2)c1. The van der Waals surface area contributed by atoms with E-state index in [0.717, 1.165) is 17.1 Å². The van der Waals surface area contributed by atoms with Gasteiger partial charge in [-0.3, -0.25) is 10.3 Å². The van der Waals surface area contributed by atoms with Crippen LogP contribution in [0.4, 0.5) is 0 Å². The van der Waals surface area contributed by atoms with E-state index in [1.165, 1.54) is 0 Å². The molecule has 0 aliphatic rings. The van der Waals surface area contributed by atoms with Crippen LogP contribution in [0.25, 0.3) is 0 Å². The number of nitrogens with one attached hydrogen (secondary N) is 2. The first-order valence-electron chi connectivity index (χ1n) is 6.71. The van der Waals surface area contributed by atoms with Gasteiger partial charge < -0.3 is 4.98 Å². The Morgan fingerprint density at radius 1 is 1.10 bits per heavy atom. The first-order valence-corrected chi connectivity index (χ1v) is 7.09. The number of imidazole rings is 1. The van der Waals surface area contributed by atoms with Crippen LogP contribution in [0.3, 0.4) is 0 Å². The fraction of sp³-hybridized carbons (Fsp3) is 0.125. The number of nitrogens with zero attached hydrogens (tertiary/aromatic N) is 2. The molecule has 0 aliphatic heterocycles. The average Bonchev–Trinajstić information content (AvgIpc) is 3.02. The van der Waals surface area contributed by atoms with E-state index in [4.69, 9.17) is 11.6 Å². The quantitative estimate of drug-likeness (QED) is 0.759. The smallest absolute Gasteiger partial charge is 0.120 e. The summed E-state index contributed by atoms with van der Waals surface area (Å²) in [6, 6.07) is 13.7. The molecule has 3 rings (SSSR count).